The average molecular weight is 262 g/mol. The maximum atomic E-state index is 12.1. The van der Waals surface area contributed by atoms with Crippen LogP contribution in [0.3, 0.4) is 0 Å². The number of imidazole rings is 1. The molecule has 94 valence electrons. The summed E-state index contributed by atoms with van der Waals surface area (Å²) in [5, 5.41) is 1.80. The summed E-state index contributed by atoms with van der Waals surface area (Å²) in [5.41, 5.74) is 3.31. The number of aromatic amines is 1. The molecule has 1 amide bonds. The Morgan fingerprint density at radius 3 is 3.11 bits per heavy atom. The molecule has 18 heavy (non-hydrogen) atoms. The van der Waals surface area contributed by atoms with E-state index in [0.717, 1.165) is 31.0 Å². The van der Waals surface area contributed by atoms with E-state index in [1.807, 2.05) is 18.0 Å². The Balaban J connectivity index is 1.70. The molecule has 1 N–H and O–H groups in total. The first-order chi connectivity index (χ1) is 8.74. The lowest BCUT2D eigenvalue weighted by Gasteiger charge is -2.14. The number of nitrogens with zero attached hydrogens (tertiary/aromatic N) is 3. The highest BCUT2D eigenvalue weighted by Gasteiger charge is 2.30. The molecule has 3 heterocycles. The van der Waals surface area contributed by atoms with Crippen molar-refractivity contribution in [1.29, 1.82) is 0 Å². The number of amides is 1. The van der Waals surface area contributed by atoms with E-state index in [-0.39, 0.29) is 5.91 Å². The lowest BCUT2D eigenvalue weighted by molar-refractivity contribution is 0.0785. The maximum absolute atomic E-state index is 12.1. The van der Waals surface area contributed by atoms with Gasteiger partial charge in [-0.25, -0.2) is 9.97 Å². The first kappa shape index (κ1) is 11.4. The van der Waals surface area contributed by atoms with Crippen molar-refractivity contribution >= 4 is 17.2 Å². The van der Waals surface area contributed by atoms with E-state index in [0.29, 0.717) is 11.6 Å². The van der Waals surface area contributed by atoms with Gasteiger partial charge in [-0.2, -0.15) is 0 Å². The van der Waals surface area contributed by atoms with Gasteiger partial charge in [-0.05, 0) is 13.3 Å². The van der Waals surface area contributed by atoms with Crippen molar-refractivity contribution < 1.29 is 4.79 Å². The van der Waals surface area contributed by atoms with Crippen LogP contribution in [0.5, 0.6) is 0 Å². The summed E-state index contributed by atoms with van der Waals surface area (Å²) in [6.07, 6.45) is 2.79. The summed E-state index contributed by atoms with van der Waals surface area (Å²) < 4.78 is 0. The molecule has 1 fully saturated rings. The van der Waals surface area contributed by atoms with E-state index in [4.69, 9.17) is 0 Å². The van der Waals surface area contributed by atoms with E-state index in [1.165, 1.54) is 11.3 Å². The smallest absolute Gasteiger partial charge is 0.273 e. The van der Waals surface area contributed by atoms with Gasteiger partial charge in [-0.15, -0.1) is 11.3 Å². The molecule has 0 radical (unpaired) electrons. The van der Waals surface area contributed by atoms with Crippen LogP contribution in [0.2, 0.25) is 0 Å². The summed E-state index contributed by atoms with van der Waals surface area (Å²) in [7, 11) is 0. The summed E-state index contributed by atoms with van der Waals surface area (Å²) in [5.74, 6) is 1.34. The van der Waals surface area contributed by atoms with Gasteiger partial charge in [0.15, 0.2) is 0 Å². The summed E-state index contributed by atoms with van der Waals surface area (Å²) in [6, 6.07) is 0. The minimum atomic E-state index is 0.0297. The predicted octanol–water partition coefficient (Wildman–Crippen LogP) is 1.80. The summed E-state index contributed by atoms with van der Waals surface area (Å²) in [4.78, 5) is 25.7. The number of rotatable bonds is 2. The number of carbonyl (C=O) groups excluding carboxylic acids is 1. The number of aryl methyl sites for hydroxylation is 1. The van der Waals surface area contributed by atoms with Crippen LogP contribution in [0.25, 0.3) is 0 Å². The summed E-state index contributed by atoms with van der Waals surface area (Å²) >= 11 is 1.45. The molecule has 6 heteroatoms. The molecule has 2 aromatic heterocycles. The van der Waals surface area contributed by atoms with Crippen molar-refractivity contribution in [3.63, 3.8) is 0 Å². The Labute approximate surface area is 109 Å². The molecule has 5 nitrogen and oxygen atoms in total. The molecule has 1 saturated heterocycles. The van der Waals surface area contributed by atoms with Crippen molar-refractivity contribution in [2.45, 2.75) is 19.3 Å². The molecule has 1 atom stereocenters. The van der Waals surface area contributed by atoms with E-state index in [2.05, 4.69) is 15.0 Å². The van der Waals surface area contributed by atoms with Gasteiger partial charge in [0.25, 0.3) is 5.91 Å². The lowest BCUT2D eigenvalue weighted by Crippen LogP contribution is -2.28. The van der Waals surface area contributed by atoms with Crippen LogP contribution in [-0.4, -0.2) is 38.8 Å². The number of thiazole rings is 1. The highest BCUT2D eigenvalue weighted by molar-refractivity contribution is 7.07. The second-order valence-corrected chi connectivity index (χ2v) is 5.28. The van der Waals surface area contributed by atoms with Gasteiger partial charge in [-0.3, -0.25) is 4.79 Å². The standard InChI is InChI=1S/C12H14N4OS/c1-8-4-13-11(15-8)9-2-3-16(5-9)12(17)10-6-18-7-14-10/h4,6-7,9H,2-3,5H2,1H3,(H,13,15)/t9-/m0/s1. The fraction of sp³-hybridized carbons (Fsp3) is 0.417. The van der Waals surface area contributed by atoms with Crippen LogP contribution in [0, 0.1) is 6.92 Å². The normalized spacial score (nSPS) is 19.4. The van der Waals surface area contributed by atoms with Gasteiger partial charge in [0, 0.05) is 36.3 Å². The number of carbonyl (C=O) groups is 1. The largest absolute Gasteiger partial charge is 0.346 e. The Hall–Kier alpha value is -1.69. The average Bonchev–Trinajstić information content (AvgIpc) is 3.09. The van der Waals surface area contributed by atoms with Crippen molar-refractivity contribution in [3.05, 3.63) is 34.3 Å². The van der Waals surface area contributed by atoms with Crippen LogP contribution in [0.4, 0.5) is 0 Å². The zero-order chi connectivity index (χ0) is 12.5. The third kappa shape index (κ3) is 2.03. The first-order valence-electron chi connectivity index (χ1n) is 5.93. The molecule has 0 bridgehead atoms. The molecule has 1 aliphatic rings. The molecule has 2 aromatic rings. The SMILES string of the molecule is Cc1cnc([C@H]2CCN(C(=O)c3cscn3)C2)[nH]1. The first-order valence-corrected chi connectivity index (χ1v) is 6.87. The maximum Gasteiger partial charge on any atom is 0.273 e. The fourth-order valence-electron chi connectivity index (χ4n) is 2.29. The second-order valence-electron chi connectivity index (χ2n) is 4.56. The van der Waals surface area contributed by atoms with Gasteiger partial charge in [0.1, 0.15) is 11.5 Å². The number of likely N-dealkylation sites (tertiary alicyclic amines) is 1. The van der Waals surface area contributed by atoms with Crippen molar-refractivity contribution in [2.75, 3.05) is 13.1 Å². The van der Waals surface area contributed by atoms with Gasteiger partial charge in [0.05, 0.1) is 5.51 Å². The minimum Gasteiger partial charge on any atom is -0.346 e. The van der Waals surface area contributed by atoms with E-state index < -0.39 is 0 Å². The third-order valence-electron chi connectivity index (χ3n) is 3.24. The van der Waals surface area contributed by atoms with Crippen molar-refractivity contribution in [3.8, 4) is 0 Å². The van der Waals surface area contributed by atoms with Crippen LogP contribution in [0.1, 0.15) is 34.3 Å². The van der Waals surface area contributed by atoms with Crippen LogP contribution < -0.4 is 0 Å². The Bertz CT molecular complexity index is 548. The lowest BCUT2D eigenvalue weighted by atomic mass is 10.1. The highest BCUT2D eigenvalue weighted by atomic mass is 32.1. The molecule has 3 rings (SSSR count). The molecule has 0 unspecified atom stereocenters. The van der Waals surface area contributed by atoms with Crippen molar-refractivity contribution in [1.82, 2.24) is 19.9 Å². The third-order valence-corrected chi connectivity index (χ3v) is 3.82. The summed E-state index contributed by atoms with van der Waals surface area (Å²) in [6.45, 7) is 3.49. The second kappa shape index (κ2) is 4.53. The van der Waals surface area contributed by atoms with Crippen LogP contribution >= 0.6 is 11.3 Å². The van der Waals surface area contributed by atoms with Gasteiger partial charge < -0.3 is 9.88 Å². The monoisotopic (exact) mass is 262 g/mol. The molecular formula is C12H14N4OS. The van der Waals surface area contributed by atoms with E-state index in [9.17, 15) is 4.79 Å². The number of hydrogen-bond acceptors (Lipinski definition) is 4. The van der Waals surface area contributed by atoms with Gasteiger partial charge in [-0.1, -0.05) is 0 Å². The molecule has 0 saturated carbocycles. The fourth-order valence-corrected chi connectivity index (χ4v) is 2.81. The Morgan fingerprint density at radius 1 is 1.56 bits per heavy atom. The van der Waals surface area contributed by atoms with Crippen LogP contribution in [-0.2, 0) is 0 Å². The molecule has 1 aliphatic heterocycles. The van der Waals surface area contributed by atoms with E-state index in [1.54, 1.807) is 10.9 Å². The Morgan fingerprint density at radius 2 is 2.44 bits per heavy atom. The minimum absolute atomic E-state index is 0.0297. The quantitative estimate of drug-likeness (QED) is 0.897. The molecule has 0 aliphatic carbocycles. The molecular weight excluding hydrogens is 248 g/mol. The Kier molecular flexibility index (Phi) is 2.87. The molecule has 0 aromatic carbocycles. The zero-order valence-electron chi connectivity index (χ0n) is 10.1. The van der Waals surface area contributed by atoms with Crippen LogP contribution in [0.15, 0.2) is 17.1 Å². The zero-order valence-corrected chi connectivity index (χ0v) is 10.9. The number of aromatic nitrogens is 3. The van der Waals surface area contributed by atoms with E-state index >= 15 is 0 Å². The predicted molar refractivity (Wildman–Crippen MR) is 68.7 cm³/mol. The van der Waals surface area contributed by atoms with Crippen molar-refractivity contribution in [2.24, 2.45) is 0 Å². The highest BCUT2D eigenvalue weighted by Crippen LogP contribution is 2.26. The topological polar surface area (TPSA) is 61.9 Å². The number of H-pyrrole nitrogens is 1. The number of hydrogen-bond donors (Lipinski definition) is 1. The molecule has 0 spiro atoms. The van der Waals surface area contributed by atoms with Gasteiger partial charge >= 0.3 is 0 Å². The van der Waals surface area contributed by atoms with Gasteiger partial charge in [0.2, 0.25) is 0 Å². The number of nitrogens with one attached hydrogen (secondary N) is 1.